The highest BCUT2D eigenvalue weighted by Crippen LogP contribution is 2.29. The van der Waals surface area contributed by atoms with E-state index < -0.39 is 11.2 Å². The Hall–Kier alpha value is -0.810. The number of alkyl carbamates (subject to hydrolysis) is 1. The maximum atomic E-state index is 11.8. The first-order valence-corrected chi connectivity index (χ1v) is 8.71. The predicted molar refractivity (Wildman–Crippen MR) is 86.8 cm³/mol. The van der Waals surface area contributed by atoms with E-state index in [0.717, 1.165) is 51.4 Å². The number of nitrogens with one attached hydrogen (secondary N) is 2. The van der Waals surface area contributed by atoms with Gasteiger partial charge in [-0.3, -0.25) is 0 Å². The fourth-order valence-corrected chi connectivity index (χ4v) is 3.46. The summed E-state index contributed by atoms with van der Waals surface area (Å²) in [5.41, 5.74) is -0.925. The molecule has 0 aliphatic heterocycles. The van der Waals surface area contributed by atoms with Gasteiger partial charge in [-0.05, 0) is 59.3 Å². The molecule has 0 spiro atoms. The van der Waals surface area contributed by atoms with Crippen LogP contribution in [0.3, 0.4) is 0 Å². The van der Waals surface area contributed by atoms with Gasteiger partial charge in [0.25, 0.3) is 0 Å². The molecule has 22 heavy (non-hydrogen) atoms. The summed E-state index contributed by atoms with van der Waals surface area (Å²) in [6.45, 7) is 6.34. The summed E-state index contributed by atoms with van der Waals surface area (Å²) in [6, 6.07) is 0.670. The van der Waals surface area contributed by atoms with Crippen molar-refractivity contribution in [1.29, 1.82) is 0 Å². The number of hydrogen-bond donors (Lipinski definition) is 3. The molecule has 0 heterocycles. The molecular weight excluding hydrogens is 280 g/mol. The lowest BCUT2D eigenvalue weighted by atomic mass is 9.90. The highest BCUT2D eigenvalue weighted by atomic mass is 16.6. The standard InChI is InChI=1S/C17H32N2O3/c1-16(2,3)22-15(20)19-14-8-6-13(7-9-14)18-12-17(21)10-4-5-11-17/h13-14,18,21H,4-12H2,1-3H3,(H,19,20). The van der Waals surface area contributed by atoms with Gasteiger partial charge in [-0.15, -0.1) is 0 Å². The van der Waals surface area contributed by atoms with E-state index in [-0.39, 0.29) is 12.1 Å². The molecule has 5 heteroatoms. The van der Waals surface area contributed by atoms with Crippen molar-refractivity contribution in [2.24, 2.45) is 0 Å². The van der Waals surface area contributed by atoms with Crippen molar-refractivity contribution in [3.63, 3.8) is 0 Å². The third-order valence-electron chi connectivity index (χ3n) is 4.70. The number of amides is 1. The molecule has 0 atom stereocenters. The minimum Gasteiger partial charge on any atom is -0.444 e. The number of carbonyl (C=O) groups is 1. The lowest BCUT2D eigenvalue weighted by molar-refractivity contribution is 0.0419. The van der Waals surface area contributed by atoms with Crippen molar-refractivity contribution in [3.05, 3.63) is 0 Å². The Morgan fingerprint density at radius 3 is 2.23 bits per heavy atom. The van der Waals surface area contributed by atoms with E-state index in [1.807, 2.05) is 20.8 Å². The first-order chi connectivity index (χ1) is 10.3. The fraction of sp³-hybridized carbons (Fsp3) is 0.941. The van der Waals surface area contributed by atoms with Crippen LogP contribution in [0.1, 0.15) is 72.1 Å². The zero-order valence-electron chi connectivity index (χ0n) is 14.3. The van der Waals surface area contributed by atoms with Crippen LogP contribution >= 0.6 is 0 Å². The second-order valence-corrected chi connectivity index (χ2v) is 8.01. The monoisotopic (exact) mass is 312 g/mol. The number of aliphatic hydroxyl groups is 1. The third-order valence-corrected chi connectivity index (χ3v) is 4.70. The van der Waals surface area contributed by atoms with E-state index in [2.05, 4.69) is 10.6 Å². The molecule has 2 fully saturated rings. The largest absolute Gasteiger partial charge is 0.444 e. The summed E-state index contributed by atoms with van der Waals surface area (Å²) >= 11 is 0. The third kappa shape index (κ3) is 5.76. The zero-order chi connectivity index (χ0) is 16.2. The molecule has 2 aliphatic rings. The molecule has 0 aromatic carbocycles. The van der Waals surface area contributed by atoms with Gasteiger partial charge < -0.3 is 20.5 Å². The van der Waals surface area contributed by atoms with Crippen LogP contribution in [0, 0.1) is 0 Å². The van der Waals surface area contributed by atoms with E-state index in [4.69, 9.17) is 4.74 Å². The zero-order valence-corrected chi connectivity index (χ0v) is 14.3. The normalized spacial score (nSPS) is 28.4. The quantitative estimate of drug-likeness (QED) is 0.746. The predicted octanol–water partition coefficient (Wildman–Crippen LogP) is 2.72. The van der Waals surface area contributed by atoms with Crippen LogP contribution < -0.4 is 10.6 Å². The average Bonchev–Trinajstić information content (AvgIpc) is 2.83. The number of rotatable bonds is 4. The maximum absolute atomic E-state index is 11.8. The summed E-state index contributed by atoms with van der Waals surface area (Å²) in [5.74, 6) is 0. The Bertz CT molecular complexity index is 365. The maximum Gasteiger partial charge on any atom is 0.407 e. The molecule has 0 saturated heterocycles. The fourth-order valence-electron chi connectivity index (χ4n) is 3.46. The van der Waals surface area contributed by atoms with Crippen LogP contribution in [0.25, 0.3) is 0 Å². The number of ether oxygens (including phenoxy) is 1. The van der Waals surface area contributed by atoms with Gasteiger partial charge in [0.05, 0.1) is 5.60 Å². The number of carbonyl (C=O) groups excluding carboxylic acids is 1. The van der Waals surface area contributed by atoms with Crippen LogP contribution in [0.15, 0.2) is 0 Å². The molecule has 0 aromatic rings. The van der Waals surface area contributed by atoms with Gasteiger partial charge in [-0.1, -0.05) is 12.8 Å². The molecule has 2 saturated carbocycles. The summed E-state index contributed by atoms with van der Waals surface area (Å²) in [7, 11) is 0. The van der Waals surface area contributed by atoms with Crippen LogP contribution in [-0.4, -0.2) is 41.0 Å². The molecular formula is C17H32N2O3. The van der Waals surface area contributed by atoms with E-state index in [1.165, 1.54) is 0 Å². The molecule has 2 aliphatic carbocycles. The molecule has 2 rings (SSSR count). The summed E-state index contributed by atoms with van der Waals surface area (Å²) in [5, 5.41) is 16.8. The van der Waals surface area contributed by atoms with Crippen molar-refractivity contribution in [3.8, 4) is 0 Å². The molecule has 1 amide bonds. The van der Waals surface area contributed by atoms with Gasteiger partial charge in [0.15, 0.2) is 0 Å². The van der Waals surface area contributed by atoms with Gasteiger partial charge in [0.1, 0.15) is 5.60 Å². The summed E-state index contributed by atoms with van der Waals surface area (Å²) < 4.78 is 5.30. The second kappa shape index (κ2) is 7.18. The SMILES string of the molecule is CC(C)(C)OC(=O)NC1CCC(NCC2(O)CCCC2)CC1. The van der Waals surface area contributed by atoms with Gasteiger partial charge in [-0.25, -0.2) is 4.79 Å². The van der Waals surface area contributed by atoms with E-state index >= 15 is 0 Å². The Labute approximate surface area is 134 Å². The van der Waals surface area contributed by atoms with Crippen molar-refractivity contribution in [1.82, 2.24) is 10.6 Å². The van der Waals surface area contributed by atoms with Crippen molar-refractivity contribution in [2.45, 2.75) is 95.4 Å². The first kappa shape index (κ1) is 17.5. The van der Waals surface area contributed by atoms with Gasteiger partial charge >= 0.3 is 6.09 Å². The minimum absolute atomic E-state index is 0.211. The smallest absolute Gasteiger partial charge is 0.407 e. The van der Waals surface area contributed by atoms with Crippen LogP contribution in [0.5, 0.6) is 0 Å². The summed E-state index contributed by atoms with van der Waals surface area (Å²) in [4.78, 5) is 11.8. The van der Waals surface area contributed by atoms with Gasteiger partial charge in [0.2, 0.25) is 0 Å². The molecule has 5 nitrogen and oxygen atoms in total. The van der Waals surface area contributed by atoms with Gasteiger partial charge in [-0.2, -0.15) is 0 Å². The Morgan fingerprint density at radius 2 is 1.68 bits per heavy atom. The number of hydrogen-bond acceptors (Lipinski definition) is 4. The molecule has 0 aromatic heterocycles. The van der Waals surface area contributed by atoms with Crippen LogP contribution in [0.2, 0.25) is 0 Å². The molecule has 0 radical (unpaired) electrons. The highest BCUT2D eigenvalue weighted by molar-refractivity contribution is 5.68. The van der Waals surface area contributed by atoms with Crippen molar-refractivity contribution in [2.75, 3.05) is 6.54 Å². The lowest BCUT2D eigenvalue weighted by Gasteiger charge is -2.32. The summed E-state index contributed by atoms with van der Waals surface area (Å²) in [6.07, 6.45) is 7.84. The van der Waals surface area contributed by atoms with Gasteiger partial charge in [0, 0.05) is 18.6 Å². The Morgan fingerprint density at radius 1 is 1.14 bits per heavy atom. The lowest BCUT2D eigenvalue weighted by Crippen LogP contribution is -2.47. The van der Waals surface area contributed by atoms with E-state index in [9.17, 15) is 9.90 Å². The van der Waals surface area contributed by atoms with E-state index in [0.29, 0.717) is 12.6 Å². The van der Waals surface area contributed by atoms with Crippen molar-refractivity contribution >= 4 is 6.09 Å². The average molecular weight is 312 g/mol. The molecule has 3 N–H and O–H groups in total. The first-order valence-electron chi connectivity index (χ1n) is 8.71. The Balaban J connectivity index is 1.64. The molecule has 0 bridgehead atoms. The topological polar surface area (TPSA) is 70.6 Å². The van der Waals surface area contributed by atoms with Crippen LogP contribution in [-0.2, 0) is 4.74 Å². The van der Waals surface area contributed by atoms with Crippen LogP contribution in [0.4, 0.5) is 4.79 Å². The van der Waals surface area contributed by atoms with E-state index in [1.54, 1.807) is 0 Å². The Kier molecular flexibility index (Phi) is 5.72. The van der Waals surface area contributed by atoms with Crippen molar-refractivity contribution < 1.29 is 14.6 Å². The highest BCUT2D eigenvalue weighted by Gasteiger charge is 2.32. The molecule has 128 valence electrons. The minimum atomic E-state index is -0.481. The second-order valence-electron chi connectivity index (χ2n) is 8.01. The molecule has 0 unspecified atom stereocenters.